The molecule has 1 aliphatic rings. The molecule has 3 rings (SSSR count). The van der Waals surface area contributed by atoms with Crippen molar-refractivity contribution in [3.8, 4) is 6.07 Å². The first-order chi connectivity index (χ1) is 11.6. The van der Waals surface area contributed by atoms with Crippen LogP contribution in [0, 0.1) is 18.3 Å². The van der Waals surface area contributed by atoms with Crippen LogP contribution in [0.25, 0.3) is 0 Å². The van der Waals surface area contributed by atoms with E-state index in [1.165, 1.54) is 22.7 Å². The van der Waals surface area contributed by atoms with Crippen molar-refractivity contribution in [2.45, 2.75) is 38.1 Å². The van der Waals surface area contributed by atoms with E-state index in [1.807, 2.05) is 29.8 Å². The van der Waals surface area contributed by atoms with Crippen molar-refractivity contribution >= 4 is 34.4 Å². The maximum Gasteiger partial charge on any atom is 0.228 e. The zero-order valence-electron chi connectivity index (χ0n) is 13.3. The molecule has 1 aliphatic heterocycles. The van der Waals surface area contributed by atoms with Crippen LogP contribution in [0.1, 0.15) is 34.3 Å². The first-order valence-electron chi connectivity index (χ1n) is 7.77. The zero-order chi connectivity index (χ0) is 17.1. The Hall–Kier alpha value is -2.04. The molecular formula is C17H17N3O2S2. The van der Waals surface area contributed by atoms with Crippen LogP contribution in [0.5, 0.6) is 0 Å². The fourth-order valence-electron chi connectivity index (χ4n) is 2.96. The number of thiophene rings is 1. The minimum absolute atomic E-state index is 0.0414. The van der Waals surface area contributed by atoms with Gasteiger partial charge in [0.05, 0.1) is 18.5 Å². The van der Waals surface area contributed by atoms with Gasteiger partial charge in [-0.1, -0.05) is 6.07 Å². The number of aryl methyl sites for hydroxylation is 1. The molecule has 2 unspecified atom stereocenters. The van der Waals surface area contributed by atoms with E-state index in [2.05, 4.69) is 11.1 Å². The summed E-state index contributed by atoms with van der Waals surface area (Å²) < 4.78 is 0. The Labute approximate surface area is 148 Å². The van der Waals surface area contributed by atoms with Crippen LogP contribution in [0.4, 0.5) is 0 Å². The minimum atomic E-state index is -0.885. The average Bonchev–Trinajstić information content (AvgIpc) is 3.29. The molecule has 1 saturated heterocycles. The third-order valence-corrected chi connectivity index (χ3v) is 6.01. The van der Waals surface area contributed by atoms with Gasteiger partial charge in [-0.2, -0.15) is 5.26 Å². The van der Waals surface area contributed by atoms with Gasteiger partial charge in [0.2, 0.25) is 5.91 Å². The Bertz CT molecular complexity index is 776. The van der Waals surface area contributed by atoms with Crippen LogP contribution in [-0.2, 0) is 16.0 Å². The standard InChI is InChI=1S/C17H17N3O2S2/c1-11-10-24-17(19-11)13(9-18)16(22)14-5-2-6-20(14)15(21)8-12-4-3-7-23-12/h3-4,7,10,13-14H,2,5-6,8H2,1H3. The number of aromatic nitrogens is 1. The molecule has 1 fully saturated rings. The summed E-state index contributed by atoms with van der Waals surface area (Å²) in [7, 11) is 0. The van der Waals surface area contributed by atoms with E-state index >= 15 is 0 Å². The monoisotopic (exact) mass is 359 g/mol. The number of likely N-dealkylation sites (tertiary alicyclic amines) is 1. The predicted molar refractivity (Wildman–Crippen MR) is 93.0 cm³/mol. The predicted octanol–water partition coefficient (Wildman–Crippen LogP) is 2.92. The van der Waals surface area contributed by atoms with Crippen LogP contribution in [0.2, 0.25) is 0 Å². The lowest BCUT2D eigenvalue weighted by Crippen LogP contribution is -2.43. The van der Waals surface area contributed by atoms with Gasteiger partial charge in [-0.3, -0.25) is 9.59 Å². The van der Waals surface area contributed by atoms with Gasteiger partial charge in [0.1, 0.15) is 5.01 Å². The topological polar surface area (TPSA) is 74.1 Å². The van der Waals surface area contributed by atoms with Crippen molar-refractivity contribution in [2.24, 2.45) is 0 Å². The Morgan fingerprint density at radius 3 is 2.96 bits per heavy atom. The molecule has 1 amide bonds. The van der Waals surface area contributed by atoms with Gasteiger partial charge in [-0.25, -0.2) is 4.98 Å². The number of hydrogen-bond donors (Lipinski definition) is 0. The van der Waals surface area contributed by atoms with Crippen molar-refractivity contribution in [1.82, 2.24) is 9.88 Å². The molecule has 0 aliphatic carbocycles. The van der Waals surface area contributed by atoms with Gasteiger partial charge in [0.25, 0.3) is 0 Å². The second kappa shape index (κ2) is 7.24. The third kappa shape index (κ3) is 3.40. The highest BCUT2D eigenvalue weighted by molar-refractivity contribution is 7.10. The van der Waals surface area contributed by atoms with E-state index in [0.29, 0.717) is 24.4 Å². The molecule has 2 aromatic rings. The highest BCUT2D eigenvalue weighted by atomic mass is 32.1. The normalized spacial score (nSPS) is 18.3. The van der Waals surface area contributed by atoms with E-state index in [-0.39, 0.29) is 11.7 Å². The Balaban J connectivity index is 1.75. The molecule has 0 spiro atoms. The van der Waals surface area contributed by atoms with Crippen LogP contribution in [-0.4, -0.2) is 34.2 Å². The Morgan fingerprint density at radius 2 is 2.33 bits per heavy atom. The van der Waals surface area contributed by atoms with Gasteiger partial charge in [0, 0.05) is 22.5 Å². The molecule has 5 nitrogen and oxygen atoms in total. The molecule has 0 radical (unpaired) electrons. The molecule has 7 heteroatoms. The molecule has 2 aromatic heterocycles. The fourth-order valence-corrected chi connectivity index (χ4v) is 4.50. The summed E-state index contributed by atoms with van der Waals surface area (Å²) in [5.41, 5.74) is 0.806. The molecule has 2 atom stereocenters. The maximum atomic E-state index is 12.9. The number of amides is 1. The van der Waals surface area contributed by atoms with Gasteiger partial charge < -0.3 is 4.90 Å². The van der Waals surface area contributed by atoms with E-state index in [1.54, 1.807) is 4.90 Å². The third-order valence-electron chi connectivity index (χ3n) is 4.10. The molecule has 24 heavy (non-hydrogen) atoms. The number of nitrogens with zero attached hydrogens (tertiary/aromatic N) is 3. The molecule has 0 N–H and O–H groups in total. The van der Waals surface area contributed by atoms with E-state index in [4.69, 9.17) is 0 Å². The number of carbonyl (C=O) groups excluding carboxylic acids is 2. The molecule has 0 bridgehead atoms. The van der Waals surface area contributed by atoms with Gasteiger partial charge >= 0.3 is 0 Å². The molecule has 0 aromatic carbocycles. The number of hydrogen-bond acceptors (Lipinski definition) is 6. The van der Waals surface area contributed by atoms with Crippen LogP contribution < -0.4 is 0 Å². The number of rotatable bonds is 5. The highest BCUT2D eigenvalue weighted by Crippen LogP contribution is 2.28. The molecule has 0 saturated carbocycles. The summed E-state index contributed by atoms with van der Waals surface area (Å²) >= 11 is 2.86. The second-order valence-electron chi connectivity index (χ2n) is 5.79. The molecular weight excluding hydrogens is 342 g/mol. The van der Waals surface area contributed by atoms with Crippen molar-refractivity contribution < 1.29 is 9.59 Å². The lowest BCUT2D eigenvalue weighted by atomic mass is 9.98. The van der Waals surface area contributed by atoms with Gasteiger partial charge in [0.15, 0.2) is 11.7 Å². The summed E-state index contributed by atoms with van der Waals surface area (Å²) in [5, 5.41) is 13.7. The van der Waals surface area contributed by atoms with E-state index in [0.717, 1.165) is 17.0 Å². The Kier molecular flexibility index (Phi) is 5.07. The smallest absolute Gasteiger partial charge is 0.228 e. The summed E-state index contributed by atoms with van der Waals surface area (Å²) in [5.74, 6) is -1.13. The van der Waals surface area contributed by atoms with Crippen LogP contribution in [0.15, 0.2) is 22.9 Å². The summed E-state index contributed by atoms with van der Waals surface area (Å²) in [6, 6.07) is 5.40. The SMILES string of the molecule is Cc1csc(C(C#N)C(=O)C2CCCN2C(=O)Cc2cccs2)n1. The summed E-state index contributed by atoms with van der Waals surface area (Å²) in [6.07, 6.45) is 1.73. The number of thiazole rings is 1. The molecule has 124 valence electrons. The van der Waals surface area contributed by atoms with Crippen molar-refractivity contribution in [1.29, 1.82) is 5.26 Å². The number of ketones is 1. The van der Waals surface area contributed by atoms with Crippen molar-refractivity contribution in [3.63, 3.8) is 0 Å². The first-order valence-corrected chi connectivity index (χ1v) is 9.53. The van der Waals surface area contributed by atoms with Gasteiger partial charge in [-0.15, -0.1) is 22.7 Å². The average molecular weight is 359 g/mol. The second-order valence-corrected chi connectivity index (χ2v) is 7.71. The lowest BCUT2D eigenvalue weighted by Gasteiger charge is -2.24. The van der Waals surface area contributed by atoms with Crippen molar-refractivity contribution in [2.75, 3.05) is 6.54 Å². The Morgan fingerprint density at radius 1 is 1.50 bits per heavy atom. The number of nitriles is 1. The van der Waals surface area contributed by atoms with Crippen LogP contribution in [0.3, 0.4) is 0 Å². The summed E-state index contributed by atoms with van der Waals surface area (Å²) in [6.45, 7) is 2.42. The maximum absolute atomic E-state index is 12.9. The summed E-state index contributed by atoms with van der Waals surface area (Å²) in [4.78, 5) is 32.3. The van der Waals surface area contributed by atoms with E-state index < -0.39 is 12.0 Å². The first kappa shape index (κ1) is 16.8. The largest absolute Gasteiger partial charge is 0.332 e. The van der Waals surface area contributed by atoms with E-state index in [9.17, 15) is 14.9 Å². The highest BCUT2D eigenvalue weighted by Gasteiger charge is 2.38. The lowest BCUT2D eigenvalue weighted by molar-refractivity contribution is -0.137. The minimum Gasteiger partial charge on any atom is -0.332 e. The fraction of sp³-hybridized carbons (Fsp3) is 0.412. The quantitative estimate of drug-likeness (QED) is 0.823. The number of Topliss-reactive ketones (excluding diaryl/α,β-unsaturated/α-hetero) is 1. The van der Waals surface area contributed by atoms with Crippen molar-refractivity contribution in [3.05, 3.63) is 38.5 Å². The zero-order valence-corrected chi connectivity index (χ0v) is 14.9. The van der Waals surface area contributed by atoms with Gasteiger partial charge in [-0.05, 0) is 31.2 Å². The van der Waals surface area contributed by atoms with Crippen LogP contribution >= 0.6 is 22.7 Å². The number of carbonyl (C=O) groups is 2. The molecule has 3 heterocycles.